The van der Waals surface area contributed by atoms with Gasteiger partial charge in [0.05, 0.1) is 5.56 Å². The van der Waals surface area contributed by atoms with Crippen LogP contribution in [0.5, 0.6) is 0 Å². The molecule has 2 aromatic carbocycles. The third-order valence-corrected chi connectivity index (χ3v) is 7.34. The first-order valence-corrected chi connectivity index (χ1v) is 12.8. The molecule has 3 nitrogen and oxygen atoms in total. The van der Waals surface area contributed by atoms with Crippen molar-refractivity contribution in [2.45, 2.75) is 83.7 Å². The number of nitrogens with zero attached hydrogens (tertiary/aromatic N) is 2. The van der Waals surface area contributed by atoms with Gasteiger partial charge in [0.1, 0.15) is 11.7 Å². The summed E-state index contributed by atoms with van der Waals surface area (Å²) < 4.78 is 41.0. The van der Waals surface area contributed by atoms with Crippen molar-refractivity contribution >= 4 is 17.4 Å². The van der Waals surface area contributed by atoms with Gasteiger partial charge in [-0.3, -0.25) is 15.3 Å². The average molecular weight is 498 g/mol. The molecule has 0 spiro atoms. The Kier molecular flexibility index (Phi) is 8.48. The highest BCUT2D eigenvalue weighted by atomic mass is 19.4. The van der Waals surface area contributed by atoms with Crippen molar-refractivity contribution in [3.63, 3.8) is 0 Å². The number of benzene rings is 2. The van der Waals surface area contributed by atoms with Crippen LogP contribution in [0.4, 0.5) is 18.9 Å². The minimum atomic E-state index is -4.45. The van der Waals surface area contributed by atoms with Crippen LogP contribution in [-0.4, -0.2) is 18.7 Å². The molecule has 194 valence electrons. The van der Waals surface area contributed by atoms with E-state index in [1.807, 2.05) is 26.0 Å². The van der Waals surface area contributed by atoms with Crippen LogP contribution in [-0.2, 0) is 11.6 Å². The van der Waals surface area contributed by atoms with Crippen LogP contribution in [0, 0.1) is 5.41 Å². The minimum absolute atomic E-state index is 0.198. The minimum Gasteiger partial charge on any atom is -0.288 e. The van der Waals surface area contributed by atoms with Crippen molar-refractivity contribution in [1.29, 1.82) is 5.41 Å². The molecule has 1 aliphatic carbocycles. The van der Waals surface area contributed by atoms with E-state index in [2.05, 4.69) is 30.6 Å². The van der Waals surface area contributed by atoms with E-state index < -0.39 is 11.7 Å². The number of anilines is 1. The highest BCUT2D eigenvalue weighted by Gasteiger charge is 2.43. The van der Waals surface area contributed by atoms with E-state index in [0.29, 0.717) is 23.4 Å². The van der Waals surface area contributed by atoms with Crippen LogP contribution in [0.3, 0.4) is 0 Å². The first-order valence-electron chi connectivity index (χ1n) is 12.8. The topological polar surface area (TPSA) is 39.5 Å². The van der Waals surface area contributed by atoms with E-state index in [4.69, 9.17) is 5.41 Å². The Labute approximate surface area is 213 Å². The first kappa shape index (κ1) is 27.7. The van der Waals surface area contributed by atoms with Crippen LogP contribution < -0.4 is 4.90 Å². The highest BCUT2D eigenvalue weighted by Crippen LogP contribution is 2.52. The van der Waals surface area contributed by atoms with Gasteiger partial charge < -0.3 is 0 Å². The predicted molar refractivity (Wildman–Crippen MR) is 145 cm³/mol. The molecule has 3 rings (SSSR count). The maximum atomic E-state index is 13.7. The van der Waals surface area contributed by atoms with Gasteiger partial charge in [-0.25, -0.2) is 0 Å². The number of alkyl halides is 3. The molecule has 6 heteroatoms. The lowest BCUT2D eigenvalue weighted by molar-refractivity contribution is -0.137. The third-order valence-electron chi connectivity index (χ3n) is 7.34. The van der Waals surface area contributed by atoms with Crippen molar-refractivity contribution in [3.05, 3.63) is 76.9 Å². The van der Waals surface area contributed by atoms with Gasteiger partial charge in [-0.1, -0.05) is 57.0 Å². The molecular weight excluding hydrogens is 459 g/mol. The zero-order valence-corrected chi connectivity index (χ0v) is 22.1. The van der Waals surface area contributed by atoms with Gasteiger partial charge in [-0.05, 0) is 80.3 Å². The van der Waals surface area contributed by atoms with E-state index in [1.54, 1.807) is 18.9 Å². The number of amidine groups is 2. The summed E-state index contributed by atoms with van der Waals surface area (Å²) in [4.78, 5) is 6.28. The zero-order valence-electron chi connectivity index (χ0n) is 22.1. The van der Waals surface area contributed by atoms with E-state index in [1.165, 1.54) is 24.1 Å². The first-order chi connectivity index (χ1) is 17.0. The monoisotopic (exact) mass is 497 g/mol. The standard InChI is InChI=1S/C30H38F3N3/c1-7-9-15-29(16-17-29)22-11-10-12-24(18-22)36(21(5)34)28(35-6)26-14-13-23(30(31,32)33)19-27(26)25(8-2)20(3)4/h10-14,18-19,25,34H,3,7-9,15-17H2,1-2,4-6H3/b34-21?,35-28+. The third kappa shape index (κ3) is 5.74. The summed E-state index contributed by atoms with van der Waals surface area (Å²) in [6.07, 6.45) is 1.95. The number of halogens is 3. The summed E-state index contributed by atoms with van der Waals surface area (Å²) in [6.45, 7) is 11.7. The molecule has 36 heavy (non-hydrogen) atoms. The number of nitrogens with one attached hydrogen (secondary N) is 1. The Morgan fingerprint density at radius 2 is 1.83 bits per heavy atom. The zero-order chi connectivity index (χ0) is 26.7. The molecule has 0 radical (unpaired) electrons. The van der Waals surface area contributed by atoms with Crippen molar-refractivity contribution in [1.82, 2.24) is 0 Å². The quantitative estimate of drug-likeness (QED) is 0.210. The van der Waals surface area contributed by atoms with Gasteiger partial charge in [-0.15, -0.1) is 0 Å². The summed E-state index contributed by atoms with van der Waals surface area (Å²) in [7, 11) is 1.63. The van der Waals surface area contributed by atoms with Crippen LogP contribution >= 0.6 is 0 Å². The molecule has 2 aromatic rings. The summed E-state index contributed by atoms with van der Waals surface area (Å²) in [5.41, 5.74) is 3.48. The highest BCUT2D eigenvalue weighted by molar-refractivity contribution is 6.24. The van der Waals surface area contributed by atoms with E-state index in [9.17, 15) is 13.2 Å². The number of aliphatic imine (C=N–C) groups is 1. The van der Waals surface area contributed by atoms with Gasteiger partial charge in [-0.2, -0.15) is 13.2 Å². The maximum absolute atomic E-state index is 13.7. The Balaban J connectivity index is 2.15. The molecule has 0 amide bonds. The van der Waals surface area contributed by atoms with Crippen molar-refractivity contribution in [2.75, 3.05) is 11.9 Å². The number of unbranched alkanes of at least 4 members (excludes halogenated alkanes) is 1. The lowest BCUT2D eigenvalue weighted by Gasteiger charge is -2.29. The fraction of sp³-hybridized carbons (Fsp3) is 0.467. The Morgan fingerprint density at radius 1 is 1.14 bits per heavy atom. The van der Waals surface area contributed by atoms with Gasteiger partial charge in [0.25, 0.3) is 0 Å². The number of allylic oxidation sites excluding steroid dienone is 1. The summed E-state index contributed by atoms with van der Waals surface area (Å²) in [5, 5.41) is 8.62. The number of hydrogen-bond acceptors (Lipinski definition) is 2. The Bertz CT molecular complexity index is 1140. The van der Waals surface area contributed by atoms with Crippen LogP contribution in [0.1, 0.15) is 94.4 Å². The molecule has 0 aromatic heterocycles. The van der Waals surface area contributed by atoms with Crippen LogP contribution in [0.15, 0.2) is 59.6 Å². The van der Waals surface area contributed by atoms with Crippen molar-refractivity contribution in [2.24, 2.45) is 4.99 Å². The Morgan fingerprint density at radius 3 is 2.33 bits per heavy atom. The predicted octanol–water partition coefficient (Wildman–Crippen LogP) is 8.88. The summed E-state index contributed by atoms with van der Waals surface area (Å²) >= 11 is 0. The fourth-order valence-corrected chi connectivity index (χ4v) is 5.20. The van der Waals surface area contributed by atoms with E-state index >= 15 is 0 Å². The molecule has 1 fully saturated rings. The van der Waals surface area contributed by atoms with Gasteiger partial charge in [0, 0.05) is 24.2 Å². The lowest BCUT2D eigenvalue weighted by Crippen LogP contribution is -2.36. The number of rotatable bonds is 9. The molecule has 1 N–H and O–H groups in total. The Hall–Kier alpha value is -2.89. The maximum Gasteiger partial charge on any atom is 0.416 e. The molecule has 1 unspecified atom stereocenters. The van der Waals surface area contributed by atoms with Gasteiger partial charge >= 0.3 is 6.18 Å². The second kappa shape index (κ2) is 11.0. The number of hydrogen-bond donors (Lipinski definition) is 1. The second-order valence-corrected chi connectivity index (χ2v) is 10.0. The molecule has 1 atom stereocenters. The molecule has 0 aliphatic heterocycles. The second-order valence-electron chi connectivity index (χ2n) is 10.0. The molecule has 0 bridgehead atoms. The molecule has 1 aliphatic rings. The smallest absolute Gasteiger partial charge is 0.288 e. The van der Waals surface area contributed by atoms with E-state index in [-0.39, 0.29) is 17.2 Å². The normalized spacial score (nSPS) is 15.9. The van der Waals surface area contributed by atoms with Crippen LogP contribution in [0.25, 0.3) is 0 Å². The van der Waals surface area contributed by atoms with E-state index in [0.717, 1.165) is 43.0 Å². The molecular formula is C30H38F3N3. The molecule has 0 saturated heterocycles. The summed E-state index contributed by atoms with van der Waals surface area (Å²) in [6, 6.07) is 12.1. The van der Waals surface area contributed by atoms with Gasteiger partial charge in [0.15, 0.2) is 0 Å². The fourth-order valence-electron chi connectivity index (χ4n) is 5.20. The average Bonchev–Trinajstić information content (AvgIpc) is 3.62. The van der Waals surface area contributed by atoms with Crippen molar-refractivity contribution < 1.29 is 13.2 Å². The lowest BCUT2D eigenvalue weighted by atomic mass is 9.85. The largest absolute Gasteiger partial charge is 0.416 e. The van der Waals surface area contributed by atoms with Crippen LogP contribution in [0.2, 0.25) is 0 Å². The summed E-state index contributed by atoms with van der Waals surface area (Å²) in [5.74, 6) is 0.448. The molecule has 0 heterocycles. The van der Waals surface area contributed by atoms with Crippen molar-refractivity contribution in [3.8, 4) is 0 Å². The van der Waals surface area contributed by atoms with Gasteiger partial charge in [0.2, 0.25) is 0 Å². The molecule has 1 saturated carbocycles. The SMILES string of the molecule is C=C(C)C(CC)c1cc(C(F)(F)F)ccc1/C(=N\C)N(C(C)=N)c1cccc(C2(CCCC)CC2)c1.